The monoisotopic (exact) mass is 537 g/mol. The number of urea groups is 1. The maximum absolute atomic E-state index is 13.6. The number of likely N-dealkylation sites (tertiary alicyclic amines) is 1. The van der Waals surface area contributed by atoms with E-state index in [1.54, 1.807) is 36.4 Å². The lowest BCUT2D eigenvalue weighted by molar-refractivity contribution is -0.138. The largest absolute Gasteiger partial charge is 0.478 e. The number of anilines is 2. The molecule has 1 heterocycles. The van der Waals surface area contributed by atoms with Gasteiger partial charge in [-0.15, -0.1) is 0 Å². The van der Waals surface area contributed by atoms with Gasteiger partial charge in [-0.2, -0.15) is 13.2 Å². The van der Waals surface area contributed by atoms with Crippen molar-refractivity contribution in [2.75, 3.05) is 17.2 Å². The molecule has 202 valence electrons. The Morgan fingerprint density at radius 1 is 0.821 bits per heavy atom. The lowest BCUT2D eigenvalue weighted by atomic mass is 10.0. The van der Waals surface area contributed by atoms with Crippen molar-refractivity contribution in [3.05, 3.63) is 83.4 Å². The molecule has 0 radical (unpaired) electrons. The topological polar surface area (TPSA) is 98.7 Å². The molecule has 7 nitrogen and oxygen atoms in total. The molecule has 39 heavy (non-hydrogen) atoms. The number of carboxylic acid groups (broad SMARTS) is 1. The van der Waals surface area contributed by atoms with Crippen LogP contribution in [-0.4, -0.2) is 40.5 Å². The lowest BCUT2D eigenvalue weighted by Gasteiger charge is -2.24. The van der Waals surface area contributed by atoms with Crippen molar-refractivity contribution in [3.63, 3.8) is 0 Å². The van der Waals surface area contributed by atoms with Crippen LogP contribution in [0.25, 0.3) is 11.1 Å². The summed E-state index contributed by atoms with van der Waals surface area (Å²) in [6.07, 6.45) is -2.05. The quantitative estimate of drug-likeness (QED) is 0.331. The van der Waals surface area contributed by atoms with E-state index < -0.39 is 29.8 Å². The first-order valence-electron chi connectivity index (χ1n) is 12.6. The number of hydrogen-bond acceptors (Lipinski definition) is 3. The molecule has 3 N–H and O–H groups in total. The first-order chi connectivity index (χ1) is 18.6. The number of rotatable bonds is 6. The van der Waals surface area contributed by atoms with Gasteiger partial charge in [-0.25, -0.2) is 9.59 Å². The van der Waals surface area contributed by atoms with Crippen LogP contribution in [-0.2, 0) is 11.0 Å². The fourth-order valence-corrected chi connectivity index (χ4v) is 4.88. The van der Waals surface area contributed by atoms with Crippen molar-refractivity contribution in [2.45, 2.75) is 43.8 Å². The maximum Gasteiger partial charge on any atom is 0.416 e. The summed E-state index contributed by atoms with van der Waals surface area (Å²) in [5.41, 5.74) is 1.90. The zero-order valence-electron chi connectivity index (χ0n) is 20.8. The Hall–Kier alpha value is -4.34. The summed E-state index contributed by atoms with van der Waals surface area (Å²) in [5, 5.41) is 14.4. The second-order valence-electron chi connectivity index (χ2n) is 9.80. The number of amides is 3. The smallest absolute Gasteiger partial charge is 0.416 e. The number of alkyl halides is 3. The molecule has 3 aromatic rings. The number of hydrogen-bond donors (Lipinski definition) is 3. The molecular formula is C29H26F3N3O4. The molecule has 1 saturated heterocycles. The summed E-state index contributed by atoms with van der Waals surface area (Å²) in [6.45, 7) is 0.307. The Morgan fingerprint density at radius 2 is 1.44 bits per heavy atom. The van der Waals surface area contributed by atoms with Crippen LogP contribution < -0.4 is 10.6 Å². The number of halogens is 3. The highest BCUT2D eigenvalue weighted by Crippen LogP contribution is 2.46. The van der Waals surface area contributed by atoms with Crippen molar-refractivity contribution in [1.82, 2.24) is 4.90 Å². The van der Waals surface area contributed by atoms with Crippen LogP contribution in [0.5, 0.6) is 0 Å². The van der Waals surface area contributed by atoms with Gasteiger partial charge >= 0.3 is 18.2 Å². The van der Waals surface area contributed by atoms with Gasteiger partial charge in [-0.3, -0.25) is 4.79 Å². The third kappa shape index (κ3) is 5.89. The highest BCUT2D eigenvalue weighted by atomic mass is 19.4. The number of carbonyl (C=O) groups excluding carboxylic acids is 2. The van der Waals surface area contributed by atoms with Crippen LogP contribution in [0.3, 0.4) is 0 Å². The van der Waals surface area contributed by atoms with Crippen LogP contribution in [0.4, 0.5) is 29.3 Å². The molecule has 0 bridgehead atoms. The van der Waals surface area contributed by atoms with Crippen molar-refractivity contribution in [2.24, 2.45) is 0 Å². The molecule has 1 atom stereocenters. The van der Waals surface area contributed by atoms with Gasteiger partial charge in [-0.1, -0.05) is 30.3 Å². The van der Waals surface area contributed by atoms with Crippen LogP contribution in [0, 0.1) is 0 Å². The number of nitrogens with zero attached hydrogens (tertiary/aromatic N) is 1. The van der Waals surface area contributed by atoms with Crippen molar-refractivity contribution < 1.29 is 32.7 Å². The van der Waals surface area contributed by atoms with Gasteiger partial charge < -0.3 is 20.6 Å². The van der Waals surface area contributed by atoms with Crippen molar-refractivity contribution in [1.29, 1.82) is 0 Å². The number of aromatic carboxylic acids is 1. The standard InChI is InChI=1S/C29H26F3N3O4/c30-29(31,32)24-16-22(13-14-23(24)19-5-6-19)34-28(39)35-15-1-2-25(35)26(36)33-21-11-9-18(10-12-21)17-3-7-20(8-4-17)27(37)38/h3-4,7-14,16,19,25H,1-2,5-6,15H2,(H,33,36)(H,34,39)(H,37,38)/t25-/m1/s1. The minimum atomic E-state index is -4.52. The zero-order valence-corrected chi connectivity index (χ0v) is 20.8. The molecule has 2 aliphatic rings. The van der Waals surface area contributed by atoms with Crippen molar-refractivity contribution >= 4 is 29.3 Å². The number of carbonyl (C=O) groups is 3. The van der Waals surface area contributed by atoms with Crippen molar-refractivity contribution in [3.8, 4) is 11.1 Å². The maximum atomic E-state index is 13.6. The van der Waals surface area contributed by atoms with Gasteiger partial charge in [-0.05, 0) is 84.7 Å². The van der Waals surface area contributed by atoms with E-state index >= 15 is 0 Å². The Morgan fingerprint density at radius 3 is 2.03 bits per heavy atom. The van der Waals surface area contributed by atoms with E-state index in [4.69, 9.17) is 5.11 Å². The second-order valence-corrected chi connectivity index (χ2v) is 9.80. The fourth-order valence-electron chi connectivity index (χ4n) is 4.88. The SMILES string of the molecule is O=C(O)c1ccc(-c2ccc(NC(=O)[C@H]3CCCN3C(=O)Nc3ccc(C4CC4)c(C(F)(F)F)c3)cc2)cc1. The molecule has 0 unspecified atom stereocenters. The summed E-state index contributed by atoms with van der Waals surface area (Å²) in [4.78, 5) is 38.4. The van der Waals surface area contributed by atoms with Gasteiger partial charge in [0, 0.05) is 17.9 Å². The molecular weight excluding hydrogens is 511 g/mol. The minimum absolute atomic E-state index is 0.0368. The van der Waals surface area contributed by atoms with E-state index in [1.807, 2.05) is 0 Å². The van der Waals surface area contributed by atoms with Crippen LogP contribution in [0.2, 0.25) is 0 Å². The average Bonchev–Trinajstić information content (AvgIpc) is 3.63. The molecule has 3 aromatic carbocycles. The summed E-state index contributed by atoms with van der Waals surface area (Å²) in [6, 6.07) is 15.9. The summed E-state index contributed by atoms with van der Waals surface area (Å²) >= 11 is 0. The number of carboxylic acids is 1. The Bertz CT molecular complexity index is 1400. The number of benzene rings is 3. The molecule has 0 aromatic heterocycles. The Kier molecular flexibility index (Phi) is 7.03. The van der Waals surface area contributed by atoms with E-state index in [0.717, 1.165) is 30.0 Å². The highest BCUT2D eigenvalue weighted by molar-refractivity contribution is 5.99. The molecule has 2 fully saturated rings. The summed E-state index contributed by atoms with van der Waals surface area (Å²) in [5.74, 6) is -1.49. The second kappa shape index (κ2) is 10.4. The highest BCUT2D eigenvalue weighted by Gasteiger charge is 2.39. The molecule has 1 saturated carbocycles. The van der Waals surface area contributed by atoms with Gasteiger partial charge in [0.1, 0.15) is 6.04 Å². The molecule has 3 amide bonds. The molecule has 0 spiro atoms. The minimum Gasteiger partial charge on any atom is -0.478 e. The van der Waals surface area contributed by atoms with Gasteiger partial charge in [0.2, 0.25) is 5.91 Å². The number of nitrogens with one attached hydrogen (secondary N) is 2. The van der Waals surface area contributed by atoms with Gasteiger partial charge in [0.05, 0.1) is 11.1 Å². The third-order valence-corrected chi connectivity index (χ3v) is 7.06. The zero-order chi connectivity index (χ0) is 27.7. The first kappa shape index (κ1) is 26.3. The summed E-state index contributed by atoms with van der Waals surface area (Å²) in [7, 11) is 0. The molecule has 5 rings (SSSR count). The van der Waals surface area contributed by atoms with Gasteiger partial charge in [0.25, 0.3) is 0 Å². The van der Waals surface area contributed by atoms with E-state index in [0.29, 0.717) is 25.1 Å². The predicted octanol–water partition coefficient (Wildman–Crippen LogP) is 6.58. The van der Waals surface area contributed by atoms with Crippen LogP contribution in [0.1, 0.15) is 53.1 Å². The van der Waals surface area contributed by atoms with E-state index in [9.17, 15) is 27.6 Å². The fraction of sp³-hybridized carbons (Fsp3) is 0.276. The Labute approximate surface area is 222 Å². The average molecular weight is 538 g/mol. The van der Waals surface area contributed by atoms with E-state index in [2.05, 4.69) is 10.6 Å². The molecule has 1 aliphatic carbocycles. The predicted molar refractivity (Wildman–Crippen MR) is 140 cm³/mol. The lowest BCUT2D eigenvalue weighted by Crippen LogP contribution is -2.45. The van der Waals surface area contributed by atoms with Crippen LogP contribution >= 0.6 is 0 Å². The molecule has 1 aliphatic heterocycles. The first-order valence-corrected chi connectivity index (χ1v) is 12.6. The summed E-state index contributed by atoms with van der Waals surface area (Å²) < 4.78 is 40.8. The third-order valence-electron chi connectivity index (χ3n) is 7.06. The van der Waals surface area contributed by atoms with E-state index in [-0.39, 0.29) is 28.6 Å². The van der Waals surface area contributed by atoms with Crippen LogP contribution in [0.15, 0.2) is 66.7 Å². The molecule has 10 heteroatoms. The van der Waals surface area contributed by atoms with Gasteiger partial charge in [0.15, 0.2) is 0 Å². The Balaban J connectivity index is 1.23. The van der Waals surface area contributed by atoms with E-state index in [1.165, 1.54) is 29.2 Å². The normalized spacial score (nSPS) is 17.1.